The van der Waals surface area contributed by atoms with Gasteiger partial charge in [-0.2, -0.15) is 0 Å². The van der Waals surface area contributed by atoms with E-state index >= 15 is 0 Å². The third-order valence-corrected chi connectivity index (χ3v) is 7.03. The van der Waals surface area contributed by atoms with E-state index in [0.29, 0.717) is 16.3 Å². The molecule has 0 unspecified atom stereocenters. The normalized spacial score (nSPS) is 11.8. The van der Waals surface area contributed by atoms with Crippen LogP contribution in [0.3, 0.4) is 0 Å². The van der Waals surface area contributed by atoms with Crippen LogP contribution in [0, 0.1) is 0 Å². The number of aromatic nitrogens is 1. The molecule has 0 fully saturated rings. The fourth-order valence-corrected chi connectivity index (χ4v) is 4.97. The number of phenols is 1. The molecule has 9 nitrogen and oxygen atoms in total. The number of benzene rings is 3. The number of carboxylic acids is 1. The molecular formula is C20H16N2O7S2. The predicted octanol–water partition coefficient (Wildman–Crippen LogP) is 2.97. The molecular weight excluding hydrogens is 444 g/mol. The van der Waals surface area contributed by atoms with Crippen molar-refractivity contribution >= 4 is 55.3 Å². The van der Waals surface area contributed by atoms with Crippen molar-refractivity contribution in [3.8, 4) is 5.75 Å². The predicted molar refractivity (Wildman–Crippen MR) is 116 cm³/mol. The molecule has 0 radical (unpaired) electrons. The van der Waals surface area contributed by atoms with Gasteiger partial charge in [-0.05, 0) is 18.2 Å². The van der Waals surface area contributed by atoms with Crippen LogP contribution in [0.2, 0.25) is 0 Å². The van der Waals surface area contributed by atoms with E-state index in [9.17, 15) is 23.1 Å². The summed E-state index contributed by atoms with van der Waals surface area (Å²) in [4.78, 5) is 22.7. The quantitative estimate of drug-likeness (QED) is 0.295. The lowest BCUT2D eigenvalue weighted by atomic mass is 10.1. The minimum absolute atomic E-state index is 0.119. The Bertz CT molecular complexity index is 1500. The number of thioether (sulfide) groups is 1. The highest BCUT2D eigenvalue weighted by atomic mass is 32.2. The minimum Gasteiger partial charge on any atom is -0.506 e. The van der Waals surface area contributed by atoms with Crippen LogP contribution in [-0.2, 0) is 21.9 Å². The standard InChI is InChI=1S/C20H16N2O7S2/c1-22-15-7-6-11(8-16(15)29-20(22)26)31(27,28)21-14-9-17(30-10-18(23)24)19(25)13-5-3-2-4-12(13)14/h2-9,21,25H,10H2,1H3,(H,23,24). The number of hydrogen-bond acceptors (Lipinski definition) is 7. The highest BCUT2D eigenvalue weighted by Crippen LogP contribution is 2.40. The summed E-state index contributed by atoms with van der Waals surface area (Å²) in [5.74, 6) is -2.11. The molecule has 0 aliphatic rings. The molecule has 0 spiro atoms. The van der Waals surface area contributed by atoms with Crippen LogP contribution >= 0.6 is 11.8 Å². The second-order valence-electron chi connectivity index (χ2n) is 6.66. The van der Waals surface area contributed by atoms with Crippen molar-refractivity contribution in [3.05, 3.63) is 59.1 Å². The molecule has 1 aromatic heterocycles. The van der Waals surface area contributed by atoms with Crippen molar-refractivity contribution in [1.29, 1.82) is 0 Å². The summed E-state index contributed by atoms with van der Waals surface area (Å²) in [6.45, 7) is 0. The highest BCUT2D eigenvalue weighted by molar-refractivity contribution is 8.00. The number of carboxylic acid groups (broad SMARTS) is 1. The van der Waals surface area contributed by atoms with Gasteiger partial charge in [0.25, 0.3) is 10.0 Å². The number of aromatic hydroxyl groups is 1. The van der Waals surface area contributed by atoms with Crippen LogP contribution < -0.4 is 10.5 Å². The summed E-state index contributed by atoms with van der Waals surface area (Å²) in [6.07, 6.45) is 0. The molecule has 4 aromatic rings. The Labute approximate surface area is 180 Å². The van der Waals surface area contributed by atoms with E-state index in [0.717, 1.165) is 11.8 Å². The number of fused-ring (bicyclic) bond motifs is 2. The first kappa shape index (κ1) is 20.8. The molecule has 0 amide bonds. The van der Waals surface area contributed by atoms with Crippen molar-refractivity contribution in [2.75, 3.05) is 10.5 Å². The Balaban J connectivity index is 1.80. The molecule has 3 aromatic carbocycles. The zero-order valence-corrected chi connectivity index (χ0v) is 17.7. The van der Waals surface area contributed by atoms with Crippen LogP contribution in [0.15, 0.2) is 67.5 Å². The summed E-state index contributed by atoms with van der Waals surface area (Å²) in [6, 6.07) is 12.1. The summed E-state index contributed by atoms with van der Waals surface area (Å²) in [5, 5.41) is 20.3. The number of aliphatic carboxylic acids is 1. The first-order chi connectivity index (χ1) is 14.7. The average Bonchev–Trinajstić information content (AvgIpc) is 3.02. The fraction of sp³-hybridized carbons (Fsp3) is 0.100. The zero-order valence-electron chi connectivity index (χ0n) is 16.0. The lowest BCUT2D eigenvalue weighted by molar-refractivity contribution is -0.133. The molecule has 3 N–H and O–H groups in total. The molecule has 31 heavy (non-hydrogen) atoms. The highest BCUT2D eigenvalue weighted by Gasteiger charge is 2.20. The Morgan fingerprint density at radius 2 is 1.87 bits per heavy atom. The van der Waals surface area contributed by atoms with Gasteiger partial charge in [-0.3, -0.25) is 14.1 Å². The van der Waals surface area contributed by atoms with Gasteiger partial charge in [0.1, 0.15) is 5.75 Å². The molecule has 0 bridgehead atoms. The van der Waals surface area contributed by atoms with Crippen molar-refractivity contribution in [3.63, 3.8) is 0 Å². The van der Waals surface area contributed by atoms with Crippen molar-refractivity contribution in [2.24, 2.45) is 7.05 Å². The van der Waals surface area contributed by atoms with Gasteiger partial charge in [-0.15, -0.1) is 11.8 Å². The van der Waals surface area contributed by atoms with Crippen molar-refractivity contribution in [1.82, 2.24) is 4.57 Å². The van der Waals surface area contributed by atoms with Gasteiger partial charge in [0.05, 0.1) is 26.7 Å². The monoisotopic (exact) mass is 460 g/mol. The van der Waals surface area contributed by atoms with E-state index in [-0.39, 0.29) is 32.6 Å². The maximum Gasteiger partial charge on any atom is 0.419 e. The van der Waals surface area contributed by atoms with Crippen LogP contribution in [0.4, 0.5) is 5.69 Å². The minimum atomic E-state index is -4.09. The molecule has 0 saturated carbocycles. The van der Waals surface area contributed by atoms with E-state index in [4.69, 9.17) is 9.52 Å². The fourth-order valence-electron chi connectivity index (χ4n) is 3.15. The molecule has 11 heteroatoms. The Morgan fingerprint density at radius 3 is 2.58 bits per heavy atom. The number of carbonyl (C=O) groups is 1. The average molecular weight is 460 g/mol. The second kappa shape index (κ2) is 7.67. The lowest BCUT2D eigenvalue weighted by Crippen LogP contribution is -2.13. The molecule has 4 rings (SSSR count). The number of oxazole rings is 1. The number of hydrogen-bond donors (Lipinski definition) is 3. The smallest absolute Gasteiger partial charge is 0.419 e. The van der Waals surface area contributed by atoms with Crippen LogP contribution in [0.5, 0.6) is 5.75 Å². The number of anilines is 1. The van der Waals surface area contributed by atoms with Gasteiger partial charge in [-0.1, -0.05) is 24.3 Å². The van der Waals surface area contributed by atoms with Crippen molar-refractivity contribution < 1.29 is 27.8 Å². The zero-order chi connectivity index (χ0) is 22.3. The second-order valence-corrected chi connectivity index (χ2v) is 9.36. The maximum absolute atomic E-state index is 13.0. The van der Waals surface area contributed by atoms with E-state index in [1.807, 2.05) is 0 Å². The molecule has 0 saturated heterocycles. The first-order valence-corrected chi connectivity index (χ1v) is 11.4. The Kier molecular flexibility index (Phi) is 5.15. The molecule has 1 heterocycles. The number of sulfonamides is 1. The summed E-state index contributed by atoms with van der Waals surface area (Å²) < 4.78 is 34.9. The summed E-state index contributed by atoms with van der Waals surface area (Å²) in [7, 11) is -2.58. The lowest BCUT2D eigenvalue weighted by Gasteiger charge is -2.14. The molecule has 0 aliphatic heterocycles. The Hall–Kier alpha value is -3.44. The number of nitrogens with one attached hydrogen (secondary N) is 1. The van der Waals surface area contributed by atoms with E-state index in [1.165, 1.54) is 35.9 Å². The summed E-state index contributed by atoms with van der Waals surface area (Å²) >= 11 is 0.875. The van der Waals surface area contributed by atoms with E-state index < -0.39 is 21.7 Å². The first-order valence-electron chi connectivity index (χ1n) is 8.89. The van der Waals surface area contributed by atoms with Crippen LogP contribution in [0.1, 0.15) is 0 Å². The number of phenolic OH excluding ortho intramolecular Hbond substituents is 1. The maximum atomic E-state index is 13.0. The van der Waals surface area contributed by atoms with Crippen LogP contribution in [0.25, 0.3) is 21.9 Å². The van der Waals surface area contributed by atoms with Crippen LogP contribution in [-0.4, -0.2) is 34.9 Å². The number of aryl methyl sites for hydroxylation is 1. The molecule has 160 valence electrons. The number of nitrogens with zero attached hydrogens (tertiary/aromatic N) is 1. The Morgan fingerprint density at radius 1 is 1.16 bits per heavy atom. The van der Waals surface area contributed by atoms with Gasteiger partial charge in [0.15, 0.2) is 5.58 Å². The summed E-state index contributed by atoms with van der Waals surface area (Å²) in [5.41, 5.74) is 0.755. The van der Waals surface area contributed by atoms with Gasteiger partial charge in [0, 0.05) is 23.9 Å². The third kappa shape index (κ3) is 3.84. The third-order valence-electron chi connectivity index (χ3n) is 4.65. The van der Waals surface area contributed by atoms with E-state index in [2.05, 4.69) is 4.72 Å². The largest absolute Gasteiger partial charge is 0.506 e. The SMILES string of the molecule is Cn1c(=O)oc2cc(S(=O)(=O)Nc3cc(SCC(=O)O)c(O)c4ccccc34)ccc21. The topological polar surface area (TPSA) is 139 Å². The van der Waals surface area contributed by atoms with Crippen molar-refractivity contribution in [2.45, 2.75) is 9.79 Å². The van der Waals surface area contributed by atoms with Gasteiger partial charge in [-0.25, -0.2) is 13.2 Å². The molecule has 0 atom stereocenters. The number of rotatable bonds is 6. The van der Waals surface area contributed by atoms with Gasteiger partial charge < -0.3 is 14.6 Å². The van der Waals surface area contributed by atoms with E-state index in [1.54, 1.807) is 24.3 Å². The molecule has 0 aliphatic carbocycles. The van der Waals surface area contributed by atoms with Gasteiger partial charge in [0.2, 0.25) is 0 Å². The van der Waals surface area contributed by atoms with Gasteiger partial charge >= 0.3 is 11.7 Å².